The highest BCUT2D eigenvalue weighted by atomic mass is 16.5. The lowest BCUT2D eigenvalue weighted by Gasteiger charge is -2.11. The molecule has 0 aliphatic heterocycles. The molecule has 21 heavy (non-hydrogen) atoms. The first-order valence-corrected chi connectivity index (χ1v) is 7.27. The molecule has 0 aliphatic carbocycles. The van der Waals surface area contributed by atoms with Crippen molar-refractivity contribution in [2.45, 2.75) is 33.4 Å². The summed E-state index contributed by atoms with van der Waals surface area (Å²) in [4.78, 5) is 4.36. The lowest BCUT2D eigenvalue weighted by atomic mass is 10.2. The molecule has 2 rings (SSSR count). The van der Waals surface area contributed by atoms with E-state index in [4.69, 9.17) is 4.74 Å². The van der Waals surface area contributed by atoms with E-state index >= 15 is 0 Å². The van der Waals surface area contributed by atoms with E-state index in [0.717, 1.165) is 29.3 Å². The van der Waals surface area contributed by atoms with Crippen LogP contribution in [0.25, 0.3) is 6.08 Å². The first kappa shape index (κ1) is 15.3. The number of para-hydroxylation sites is 1. The Morgan fingerprint density at radius 3 is 2.81 bits per heavy atom. The Morgan fingerprint density at radius 1 is 1.24 bits per heavy atom. The topological polar surface area (TPSA) is 34.1 Å². The summed E-state index contributed by atoms with van der Waals surface area (Å²) in [5.74, 6) is 1.66. The van der Waals surface area contributed by atoms with E-state index in [1.165, 1.54) is 0 Å². The van der Waals surface area contributed by atoms with Crippen LogP contribution in [0.15, 0.2) is 48.7 Å². The number of pyridine rings is 1. The van der Waals surface area contributed by atoms with Crippen LogP contribution in [0.5, 0.6) is 11.5 Å². The van der Waals surface area contributed by atoms with Gasteiger partial charge in [-0.25, -0.2) is 0 Å². The van der Waals surface area contributed by atoms with E-state index in [2.05, 4.69) is 24.1 Å². The Labute approximate surface area is 126 Å². The van der Waals surface area contributed by atoms with Crippen LogP contribution >= 0.6 is 0 Å². The van der Waals surface area contributed by atoms with Crippen LogP contribution in [0.3, 0.4) is 0 Å². The third kappa shape index (κ3) is 4.72. The van der Waals surface area contributed by atoms with Gasteiger partial charge in [0, 0.05) is 30.4 Å². The van der Waals surface area contributed by atoms with Gasteiger partial charge in [-0.2, -0.15) is 0 Å². The molecule has 0 atom stereocenters. The summed E-state index contributed by atoms with van der Waals surface area (Å²) in [7, 11) is 0. The van der Waals surface area contributed by atoms with E-state index in [1.54, 1.807) is 6.20 Å². The Kier molecular flexibility index (Phi) is 5.52. The van der Waals surface area contributed by atoms with Crippen molar-refractivity contribution in [3.8, 4) is 11.5 Å². The number of rotatable bonds is 6. The van der Waals surface area contributed by atoms with Crippen molar-refractivity contribution in [2.24, 2.45) is 0 Å². The highest BCUT2D eigenvalue weighted by molar-refractivity contribution is 5.57. The minimum absolute atomic E-state index is 0.437. The molecule has 110 valence electrons. The number of nitrogens with one attached hydrogen (secondary N) is 1. The summed E-state index contributed by atoms with van der Waals surface area (Å²) in [5, 5.41) is 3.36. The zero-order valence-corrected chi connectivity index (χ0v) is 12.8. The molecule has 0 fully saturated rings. The van der Waals surface area contributed by atoms with Crippen LogP contribution in [0, 0.1) is 0 Å². The smallest absolute Gasteiger partial charge is 0.134 e. The van der Waals surface area contributed by atoms with Gasteiger partial charge in [-0.1, -0.05) is 44.2 Å². The minimum atomic E-state index is 0.437. The average Bonchev–Trinajstić information content (AvgIpc) is 2.48. The maximum atomic E-state index is 5.99. The van der Waals surface area contributed by atoms with Crippen LogP contribution in [0.2, 0.25) is 0 Å². The van der Waals surface area contributed by atoms with Gasteiger partial charge in [0.2, 0.25) is 0 Å². The number of benzene rings is 1. The van der Waals surface area contributed by atoms with Crippen molar-refractivity contribution in [3.63, 3.8) is 0 Å². The number of ether oxygens (including phenoxy) is 1. The molecule has 1 aromatic carbocycles. The van der Waals surface area contributed by atoms with Gasteiger partial charge in [0.15, 0.2) is 0 Å². The Hall–Kier alpha value is -2.13. The third-order valence-corrected chi connectivity index (χ3v) is 2.97. The van der Waals surface area contributed by atoms with Crippen LogP contribution in [-0.2, 0) is 6.54 Å². The van der Waals surface area contributed by atoms with E-state index in [0.29, 0.717) is 6.04 Å². The molecule has 0 amide bonds. The van der Waals surface area contributed by atoms with Crippen LogP contribution in [-0.4, -0.2) is 11.0 Å². The monoisotopic (exact) mass is 282 g/mol. The largest absolute Gasteiger partial charge is 0.457 e. The summed E-state index contributed by atoms with van der Waals surface area (Å²) >= 11 is 0. The lowest BCUT2D eigenvalue weighted by molar-refractivity contribution is 0.478. The molecule has 0 bridgehead atoms. The maximum Gasteiger partial charge on any atom is 0.134 e. The molecule has 0 saturated carbocycles. The molecule has 0 radical (unpaired) electrons. The maximum absolute atomic E-state index is 5.99. The van der Waals surface area contributed by atoms with E-state index in [-0.39, 0.29) is 0 Å². The van der Waals surface area contributed by atoms with Crippen molar-refractivity contribution in [1.82, 2.24) is 10.3 Å². The minimum Gasteiger partial charge on any atom is -0.457 e. The van der Waals surface area contributed by atoms with E-state index < -0.39 is 0 Å². The predicted molar refractivity (Wildman–Crippen MR) is 87.4 cm³/mol. The summed E-state index contributed by atoms with van der Waals surface area (Å²) in [6.45, 7) is 6.98. The van der Waals surface area contributed by atoms with Crippen LogP contribution < -0.4 is 10.1 Å². The molecule has 1 aromatic heterocycles. The second-order valence-electron chi connectivity index (χ2n) is 5.16. The molecule has 3 heteroatoms. The first-order valence-electron chi connectivity index (χ1n) is 7.27. The molecule has 0 saturated heterocycles. The van der Waals surface area contributed by atoms with Gasteiger partial charge < -0.3 is 10.1 Å². The quantitative estimate of drug-likeness (QED) is 0.852. The molecule has 0 unspecified atom stereocenters. The number of allylic oxidation sites excluding steroid dienone is 1. The average molecular weight is 282 g/mol. The molecule has 2 aromatic rings. The molecule has 3 nitrogen and oxygen atoms in total. The molecular formula is C18H22N2O. The standard InChI is InChI=1S/C18H22N2O/c1-4-7-15-8-5-6-9-18(15)21-17-10-11-19-16(12-17)13-20-14(2)3/h4-12,14,20H,13H2,1-3H3. The summed E-state index contributed by atoms with van der Waals surface area (Å²) in [5.41, 5.74) is 2.04. The summed E-state index contributed by atoms with van der Waals surface area (Å²) in [6.07, 6.45) is 5.83. The first-order chi connectivity index (χ1) is 10.2. The highest BCUT2D eigenvalue weighted by Crippen LogP contribution is 2.26. The Balaban J connectivity index is 2.14. The van der Waals surface area contributed by atoms with Crippen molar-refractivity contribution >= 4 is 6.08 Å². The normalized spacial score (nSPS) is 11.2. The van der Waals surface area contributed by atoms with Crippen molar-refractivity contribution in [2.75, 3.05) is 0 Å². The van der Waals surface area contributed by atoms with Gasteiger partial charge in [-0.3, -0.25) is 4.98 Å². The van der Waals surface area contributed by atoms with Gasteiger partial charge >= 0.3 is 0 Å². The van der Waals surface area contributed by atoms with Gasteiger partial charge in [-0.15, -0.1) is 0 Å². The number of hydrogen-bond donors (Lipinski definition) is 1. The fourth-order valence-electron chi connectivity index (χ4n) is 1.94. The molecule has 0 aliphatic rings. The van der Waals surface area contributed by atoms with Gasteiger partial charge in [0.1, 0.15) is 11.5 Å². The van der Waals surface area contributed by atoms with Crippen molar-refractivity contribution in [1.29, 1.82) is 0 Å². The van der Waals surface area contributed by atoms with Crippen LogP contribution in [0.1, 0.15) is 32.0 Å². The van der Waals surface area contributed by atoms with Gasteiger partial charge in [0.05, 0.1) is 5.69 Å². The van der Waals surface area contributed by atoms with Gasteiger partial charge in [0.25, 0.3) is 0 Å². The van der Waals surface area contributed by atoms with Crippen LogP contribution in [0.4, 0.5) is 0 Å². The zero-order valence-electron chi connectivity index (χ0n) is 12.8. The second kappa shape index (κ2) is 7.60. The molecule has 1 heterocycles. The Morgan fingerprint density at radius 2 is 2.05 bits per heavy atom. The fourth-order valence-corrected chi connectivity index (χ4v) is 1.94. The predicted octanol–water partition coefficient (Wildman–Crippen LogP) is 4.41. The SMILES string of the molecule is CC=Cc1ccccc1Oc1ccnc(CNC(C)C)c1. The zero-order chi connectivity index (χ0) is 15.1. The van der Waals surface area contributed by atoms with E-state index in [1.807, 2.05) is 55.5 Å². The van der Waals surface area contributed by atoms with Gasteiger partial charge in [-0.05, 0) is 19.1 Å². The number of hydrogen-bond acceptors (Lipinski definition) is 3. The second-order valence-corrected chi connectivity index (χ2v) is 5.16. The Bertz CT molecular complexity index is 606. The lowest BCUT2D eigenvalue weighted by Crippen LogP contribution is -2.22. The van der Waals surface area contributed by atoms with Crippen molar-refractivity contribution in [3.05, 3.63) is 59.9 Å². The third-order valence-electron chi connectivity index (χ3n) is 2.97. The summed E-state index contributed by atoms with van der Waals surface area (Å²) < 4.78 is 5.99. The fraction of sp³-hybridized carbons (Fsp3) is 0.278. The molecule has 0 spiro atoms. The van der Waals surface area contributed by atoms with E-state index in [9.17, 15) is 0 Å². The number of aromatic nitrogens is 1. The molecule has 1 N–H and O–H groups in total. The highest BCUT2D eigenvalue weighted by Gasteiger charge is 2.04. The van der Waals surface area contributed by atoms with Crippen molar-refractivity contribution < 1.29 is 4.74 Å². The number of nitrogens with zero attached hydrogens (tertiary/aromatic N) is 1. The summed E-state index contributed by atoms with van der Waals surface area (Å²) in [6, 6.07) is 12.3. The molecular weight excluding hydrogens is 260 g/mol.